The lowest BCUT2D eigenvalue weighted by atomic mass is 9.95. The maximum absolute atomic E-state index is 13.4. The number of nitrogens with zero attached hydrogens (tertiary/aromatic N) is 8. The lowest BCUT2D eigenvalue weighted by Crippen LogP contribution is -2.54. The number of carbonyl (C=O) groups is 4. The molecule has 2 unspecified atom stereocenters. The molecule has 15 nitrogen and oxygen atoms in total. The van der Waals surface area contributed by atoms with E-state index in [1.54, 1.807) is 12.1 Å². The van der Waals surface area contributed by atoms with Crippen LogP contribution in [-0.2, 0) is 9.59 Å². The van der Waals surface area contributed by atoms with Gasteiger partial charge in [-0.05, 0) is 92.1 Å². The van der Waals surface area contributed by atoms with Gasteiger partial charge in [-0.25, -0.2) is 14.6 Å². The Morgan fingerprint density at radius 3 is 2.27 bits per heavy atom. The fraction of sp³-hybridized carbons (Fsp3) is 0.386. The van der Waals surface area contributed by atoms with Crippen LogP contribution in [-0.4, -0.2) is 116 Å². The second kappa shape index (κ2) is 15.2. The van der Waals surface area contributed by atoms with Gasteiger partial charge in [-0.15, -0.1) is 0 Å². The SMILES string of the molecule is Nc1ncnc2c1c(-c1ccc(Oc3ccccc3)cc1)nn2C1CCN(CC2CN(CC3CCN(c4ccc5c(c4)C(=O)N(C4CCC(=O)NC4=O)C5=O)C3)C2)CC1. The molecule has 2 aromatic heterocycles. The second-order valence-electron chi connectivity index (χ2n) is 16.6. The number of ether oxygens (including phenoxy) is 1. The summed E-state index contributed by atoms with van der Waals surface area (Å²) in [4.78, 5) is 68.1. The van der Waals surface area contributed by atoms with E-state index in [-0.39, 0.29) is 24.8 Å². The summed E-state index contributed by atoms with van der Waals surface area (Å²) < 4.78 is 8.08. The van der Waals surface area contributed by atoms with E-state index < -0.39 is 23.8 Å². The summed E-state index contributed by atoms with van der Waals surface area (Å²) in [5.41, 5.74) is 10.5. The minimum atomic E-state index is -0.962. The fourth-order valence-corrected chi connectivity index (χ4v) is 9.65. The van der Waals surface area contributed by atoms with Crippen LogP contribution in [0, 0.1) is 11.8 Å². The Balaban J connectivity index is 0.705. The predicted octanol–water partition coefficient (Wildman–Crippen LogP) is 4.36. The first-order valence-electron chi connectivity index (χ1n) is 20.6. The molecule has 0 bridgehead atoms. The van der Waals surface area contributed by atoms with Crippen molar-refractivity contribution in [3.63, 3.8) is 0 Å². The van der Waals surface area contributed by atoms with E-state index in [0.717, 1.165) is 116 Å². The van der Waals surface area contributed by atoms with Crippen LogP contribution in [0.15, 0.2) is 79.1 Å². The zero-order valence-corrected chi connectivity index (χ0v) is 32.7. The summed E-state index contributed by atoms with van der Waals surface area (Å²) in [6.07, 6.45) is 4.80. The van der Waals surface area contributed by atoms with Crippen molar-refractivity contribution >= 4 is 46.2 Å². The third-order valence-electron chi connectivity index (χ3n) is 12.7. The molecule has 59 heavy (non-hydrogen) atoms. The van der Waals surface area contributed by atoms with Crippen molar-refractivity contribution in [1.29, 1.82) is 0 Å². The monoisotopic (exact) mass is 794 g/mol. The highest BCUT2D eigenvalue weighted by molar-refractivity contribution is 6.23. The Labute approximate surface area is 341 Å². The number of hydrogen-bond donors (Lipinski definition) is 2. The third kappa shape index (κ3) is 7.07. The number of aromatic nitrogens is 4. The van der Waals surface area contributed by atoms with Crippen LogP contribution < -0.4 is 20.7 Å². The van der Waals surface area contributed by atoms with Gasteiger partial charge in [-0.2, -0.15) is 5.10 Å². The Morgan fingerprint density at radius 1 is 0.746 bits per heavy atom. The van der Waals surface area contributed by atoms with E-state index in [4.69, 9.17) is 15.6 Å². The molecule has 2 atom stereocenters. The number of carbonyl (C=O) groups excluding carboxylic acids is 4. The number of nitrogens with two attached hydrogens (primary N) is 1. The number of piperidine rings is 2. The normalized spacial score (nSPS) is 22.0. The Morgan fingerprint density at radius 2 is 1.49 bits per heavy atom. The number of nitrogen functional groups attached to an aromatic ring is 1. The van der Waals surface area contributed by atoms with Gasteiger partial charge >= 0.3 is 0 Å². The molecule has 5 aromatic rings. The van der Waals surface area contributed by atoms with Gasteiger partial charge in [0, 0.05) is 70.0 Å². The molecule has 0 spiro atoms. The summed E-state index contributed by atoms with van der Waals surface area (Å²) in [5.74, 6) is 1.20. The minimum absolute atomic E-state index is 0.101. The maximum Gasteiger partial charge on any atom is 0.262 e. The molecule has 4 saturated heterocycles. The van der Waals surface area contributed by atoms with Gasteiger partial charge in [0.2, 0.25) is 11.8 Å². The first-order valence-corrected chi connectivity index (χ1v) is 20.6. The van der Waals surface area contributed by atoms with Gasteiger partial charge in [0.15, 0.2) is 5.65 Å². The van der Waals surface area contributed by atoms with Gasteiger partial charge in [-0.3, -0.25) is 29.4 Å². The highest BCUT2D eigenvalue weighted by atomic mass is 16.5. The average molecular weight is 795 g/mol. The number of anilines is 2. The molecular formula is C44H46N10O5. The average Bonchev–Trinajstić information content (AvgIpc) is 3.93. The van der Waals surface area contributed by atoms with E-state index in [1.165, 1.54) is 6.33 Å². The van der Waals surface area contributed by atoms with Crippen LogP contribution in [0.5, 0.6) is 11.5 Å². The molecule has 0 saturated carbocycles. The van der Waals surface area contributed by atoms with E-state index >= 15 is 0 Å². The maximum atomic E-state index is 13.4. The molecule has 10 rings (SSSR count). The van der Waals surface area contributed by atoms with E-state index in [1.807, 2.05) is 60.7 Å². The standard InChI is InChI=1S/C44H46N10O5/c45-40-38-39(29-6-9-33(10-7-29)59-32-4-2-1-3-5-32)49-54(41(38)47-26-46-40)30-15-17-50(18-16-30)22-28-23-51(24-28)21-27-14-19-52(25-27)31-8-11-34-35(20-31)44(58)53(43(34)57)36-12-13-37(55)48-42(36)56/h1-11,20,26-28,30,36H,12-19,21-25H2,(H2,45,46,47)(H,48,55,56). The van der Waals surface area contributed by atoms with Crippen molar-refractivity contribution < 1.29 is 23.9 Å². The Kier molecular flexibility index (Phi) is 9.56. The molecule has 0 radical (unpaired) electrons. The second-order valence-corrected chi connectivity index (χ2v) is 16.6. The summed E-state index contributed by atoms with van der Waals surface area (Å²) in [6, 6.07) is 22.3. The molecule has 15 heteroatoms. The molecule has 5 aliphatic rings. The zero-order valence-electron chi connectivity index (χ0n) is 32.7. The van der Waals surface area contributed by atoms with E-state index in [9.17, 15) is 19.2 Å². The molecule has 5 aliphatic heterocycles. The quantitative estimate of drug-likeness (QED) is 0.192. The number of hydrogen-bond acceptors (Lipinski definition) is 12. The van der Waals surface area contributed by atoms with Crippen molar-refractivity contribution in [3.05, 3.63) is 90.3 Å². The Hall–Kier alpha value is -6.19. The number of imide groups is 2. The number of amides is 4. The first kappa shape index (κ1) is 37.1. The largest absolute Gasteiger partial charge is 0.457 e. The van der Waals surface area contributed by atoms with Crippen molar-refractivity contribution in [2.75, 3.05) is 63.0 Å². The van der Waals surface area contributed by atoms with Gasteiger partial charge in [0.1, 0.15) is 35.4 Å². The molecule has 7 heterocycles. The molecule has 3 N–H and O–H groups in total. The van der Waals surface area contributed by atoms with Crippen molar-refractivity contribution in [2.45, 2.75) is 44.2 Å². The topological polar surface area (TPSA) is 172 Å². The van der Waals surface area contributed by atoms with Crippen LogP contribution >= 0.6 is 0 Å². The smallest absolute Gasteiger partial charge is 0.262 e. The first-order chi connectivity index (χ1) is 28.8. The fourth-order valence-electron chi connectivity index (χ4n) is 9.65. The summed E-state index contributed by atoms with van der Waals surface area (Å²) in [5, 5.41) is 8.15. The van der Waals surface area contributed by atoms with Crippen molar-refractivity contribution in [2.24, 2.45) is 11.8 Å². The molecule has 0 aliphatic carbocycles. The number of fused-ring (bicyclic) bond motifs is 2. The lowest BCUT2D eigenvalue weighted by Gasteiger charge is -2.44. The third-order valence-corrected chi connectivity index (χ3v) is 12.7. The van der Waals surface area contributed by atoms with Crippen LogP contribution in [0.1, 0.15) is 58.9 Å². The predicted molar refractivity (Wildman–Crippen MR) is 220 cm³/mol. The van der Waals surface area contributed by atoms with Gasteiger partial charge in [-0.1, -0.05) is 18.2 Å². The van der Waals surface area contributed by atoms with Crippen LogP contribution in [0.3, 0.4) is 0 Å². The molecule has 3 aromatic carbocycles. The van der Waals surface area contributed by atoms with Gasteiger partial charge < -0.3 is 25.2 Å². The summed E-state index contributed by atoms with van der Waals surface area (Å²) in [6.45, 7) is 8.11. The van der Waals surface area contributed by atoms with Crippen LogP contribution in [0.25, 0.3) is 22.3 Å². The number of para-hydroxylation sites is 1. The highest BCUT2D eigenvalue weighted by Gasteiger charge is 2.45. The summed E-state index contributed by atoms with van der Waals surface area (Å²) >= 11 is 0. The van der Waals surface area contributed by atoms with Crippen LogP contribution in [0.4, 0.5) is 11.5 Å². The number of rotatable bonds is 10. The number of nitrogens with one attached hydrogen (secondary N) is 1. The molecule has 302 valence electrons. The lowest BCUT2D eigenvalue weighted by molar-refractivity contribution is -0.136. The van der Waals surface area contributed by atoms with Gasteiger partial charge in [0.05, 0.1) is 22.6 Å². The van der Waals surface area contributed by atoms with Crippen LogP contribution in [0.2, 0.25) is 0 Å². The Bertz CT molecular complexity index is 2440. The molecule has 4 amide bonds. The van der Waals surface area contributed by atoms with Gasteiger partial charge in [0.25, 0.3) is 11.8 Å². The van der Waals surface area contributed by atoms with E-state index in [0.29, 0.717) is 28.8 Å². The number of likely N-dealkylation sites (tertiary alicyclic amines) is 2. The molecule has 4 fully saturated rings. The van der Waals surface area contributed by atoms with Crippen molar-refractivity contribution in [1.82, 2.24) is 39.8 Å². The minimum Gasteiger partial charge on any atom is -0.457 e. The highest BCUT2D eigenvalue weighted by Crippen LogP contribution is 2.37. The van der Waals surface area contributed by atoms with E-state index in [2.05, 4.69) is 34.7 Å². The molecular weight excluding hydrogens is 749 g/mol. The van der Waals surface area contributed by atoms with Crippen molar-refractivity contribution in [3.8, 4) is 22.8 Å². The summed E-state index contributed by atoms with van der Waals surface area (Å²) in [7, 11) is 0. The zero-order chi connectivity index (χ0) is 40.2. The number of benzene rings is 3.